The quantitative estimate of drug-likeness (QED) is 0.783. The van der Waals surface area contributed by atoms with E-state index in [0.29, 0.717) is 34.4 Å². The van der Waals surface area contributed by atoms with Gasteiger partial charge in [0.05, 0.1) is 34.7 Å². The summed E-state index contributed by atoms with van der Waals surface area (Å²) in [6, 6.07) is 12.5. The van der Waals surface area contributed by atoms with Gasteiger partial charge >= 0.3 is 0 Å². The van der Waals surface area contributed by atoms with Crippen LogP contribution >= 0.6 is 23.2 Å². The molecule has 5 nitrogen and oxygen atoms in total. The van der Waals surface area contributed by atoms with Crippen molar-refractivity contribution in [3.8, 4) is 5.75 Å². The number of rotatable bonds is 6. The zero-order valence-electron chi connectivity index (χ0n) is 14.1. The fraction of sp³-hybridized carbons (Fsp3) is 0.263. The second-order valence-corrected chi connectivity index (χ2v) is 6.85. The molecule has 1 aliphatic rings. The van der Waals surface area contributed by atoms with E-state index in [0.717, 1.165) is 5.56 Å². The van der Waals surface area contributed by atoms with Crippen LogP contribution in [0.25, 0.3) is 0 Å². The van der Waals surface area contributed by atoms with Gasteiger partial charge in [0, 0.05) is 12.1 Å². The maximum Gasteiger partial charge on any atom is 0.228 e. The molecule has 2 atom stereocenters. The molecular weight excluding hydrogens is 375 g/mol. The SMILES string of the molecule is COc1ccccc1CNC(=O)C1CC1C(=O)Nc1cccc(Cl)c1Cl. The molecule has 0 bridgehead atoms. The first kappa shape index (κ1) is 18.5. The number of carbonyl (C=O) groups is 2. The fourth-order valence-electron chi connectivity index (χ4n) is 2.76. The third-order valence-corrected chi connectivity index (χ3v) is 5.14. The van der Waals surface area contributed by atoms with E-state index in [1.54, 1.807) is 25.3 Å². The molecule has 2 N–H and O–H groups in total. The predicted octanol–water partition coefficient (Wildman–Crippen LogP) is 3.89. The molecule has 26 heavy (non-hydrogen) atoms. The summed E-state index contributed by atoms with van der Waals surface area (Å²) in [6.45, 7) is 0.355. The Morgan fingerprint density at radius 2 is 1.81 bits per heavy atom. The number of ether oxygens (including phenoxy) is 1. The van der Waals surface area contributed by atoms with Crippen molar-refractivity contribution in [1.82, 2.24) is 5.32 Å². The van der Waals surface area contributed by atoms with Crippen LogP contribution < -0.4 is 15.4 Å². The molecule has 0 aliphatic heterocycles. The molecule has 2 aromatic carbocycles. The topological polar surface area (TPSA) is 67.4 Å². The minimum absolute atomic E-state index is 0.145. The van der Waals surface area contributed by atoms with Crippen molar-refractivity contribution in [2.24, 2.45) is 11.8 Å². The van der Waals surface area contributed by atoms with E-state index in [-0.39, 0.29) is 23.7 Å². The van der Waals surface area contributed by atoms with Gasteiger partial charge in [-0.25, -0.2) is 0 Å². The van der Waals surface area contributed by atoms with Crippen LogP contribution in [0.5, 0.6) is 5.75 Å². The van der Waals surface area contributed by atoms with Crippen LogP contribution in [0.2, 0.25) is 10.0 Å². The number of amides is 2. The Kier molecular flexibility index (Phi) is 5.69. The molecule has 0 heterocycles. The van der Waals surface area contributed by atoms with Crippen LogP contribution in [0.1, 0.15) is 12.0 Å². The van der Waals surface area contributed by atoms with Crippen molar-refractivity contribution in [1.29, 1.82) is 0 Å². The number of nitrogens with one attached hydrogen (secondary N) is 2. The standard InChI is InChI=1S/C19H18Cl2N2O3/c1-26-16-8-3-2-5-11(16)10-22-18(24)12-9-13(12)19(25)23-15-7-4-6-14(20)17(15)21/h2-8,12-13H,9-10H2,1H3,(H,22,24)(H,23,25). The Bertz CT molecular complexity index is 841. The number of anilines is 1. The minimum atomic E-state index is -0.359. The molecule has 0 aromatic heterocycles. The Morgan fingerprint density at radius 1 is 1.08 bits per heavy atom. The minimum Gasteiger partial charge on any atom is -0.496 e. The van der Waals surface area contributed by atoms with Crippen LogP contribution in [-0.4, -0.2) is 18.9 Å². The summed E-state index contributed by atoms with van der Waals surface area (Å²) in [6.07, 6.45) is 0.516. The average Bonchev–Trinajstić information content (AvgIpc) is 3.44. The van der Waals surface area contributed by atoms with Crippen molar-refractivity contribution in [2.45, 2.75) is 13.0 Å². The van der Waals surface area contributed by atoms with Gasteiger partial charge in [0.25, 0.3) is 0 Å². The first-order valence-corrected chi connectivity index (χ1v) is 8.91. The molecule has 1 aliphatic carbocycles. The third kappa shape index (κ3) is 4.11. The molecule has 2 aromatic rings. The molecule has 0 saturated heterocycles. The van der Waals surface area contributed by atoms with Gasteiger partial charge in [-0.15, -0.1) is 0 Å². The second kappa shape index (κ2) is 7.98. The van der Waals surface area contributed by atoms with Crippen molar-refractivity contribution >= 4 is 40.7 Å². The maximum absolute atomic E-state index is 12.3. The van der Waals surface area contributed by atoms with Gasteiger partial charge in [0.2, 0.25) is 11.8 Å². The Morgan fingerprint density at radius 3 is 2.58 bits per heavy atom. The smallest absolute Gasteiger partial charge is 0.228 e. The zero-order chi connectivity index (χ0) is 18.7. The van der Waals surface area contributed by atoms with Crippen molar-refractivity contribution in [2.75, 3.05) is 12.4 Å². The summed E-state index contributed by atoms with van der Waals surface area (Å²) in [5.74, 6) is -0.348. The van der Waals surface area contributed by atoms with Gasteiger partial charge in [-0.1, -0.05) is 47.5 Å². The first-order chi connectivity index (χ1) is 12.5. The van der Waals surface area contributed by atoms with Gasteiger partial charge in [-0.2, -0.15) is 0 Å². The molecule has 2 amide bonds. The van der Waals surface area contributed by atoms with Crippen molar-refractivity contribution < 1.29 is 14.3 Å². The maximum atomic E-state index is 12.3. The average molecular weight is 393 g/mol. The lowest BCUT2D eigenvalue weighted by molar-refractivity contribution is -0.125. The highest BCUT2D eigenvalue weighted by molar-refractivity contribution is 6.44. The van der Waals surface area contributed by atoms with Crippen LogP contribution in [0.3, 0.4) is 0 Å². The van der Waals surface area contributed by atoms with Gasteiger partial charge in [0.15, 0.2) is 0 Å². The van der Waals surface area contributed by atoms with Crippen LogP contribution in [0, 0.1) is 11.8 Å². The Hall–Kier alpha value is -2.24. The molecule has 1 saturated carbocycles. The summed E-state index contributed by atoms with van der Waals surface area (Å²) in [7, 11) is 1.59. The summed E-state index contributed by atoms with van der Waals surface area (Å²) < 4.78 is 5.26. The summed E-state index contributed by atoms with van der Waals surface area (Å²) in [4.78, 5) is 24.6. The number of hydrogen-bond acceptors (Lipinski definition) is 3. The monoisotopic (exact) mass is 392 g/mol. The van der Waals surface area contributed by atoms with E-state index in [1.165, 1.54) is 0 Å². The molecule has 2 unspecified atom stereocenters. The largest absolute Gasteiger partial charge is 0.496 e. The lowest BCUT2D eigenvalue weighted by Gasteiger charge is -2.10. The number of benzene rings is 2. The number of hydrogen-bond donors (Lipinski definition) is 2. The summed E-state index contributed by atoms with van der Waals surface area (Å²) in [5.41, 5.74) is 1.33. The van der Waals surface area contributed by atoms with Gasteiger partial charge in [-0.05, 0) is 24.6 Å². The number of carbonyl (C=O) groups excluding carboxylic acids is 2. The highest BCUT2D eigenvalue weighted by atomic mass is 35.5. The van der Waals surface area contributed by atoms with Crippen LogP contribution in [0.15, 0.2) is 42.5 Å². The van der Waals surface area contributed by atoms with Gasteiger partial charge in [0.1, 0.15) is 5.75 Å². The van der Waals surface area contributed by atoms with Crippen LogP contribution in [0.4, 0.5) is 5.69 Å². The lowest BCUT2D eigenvalue weighted by atomic mass is 10.2. The summed E-state index contributed by atoms with van der Waals surface area (Å²) >= 11 is 12.0. The Labute approximate surface area is 161 Å². The van der Waals surface area contributed by atoms with Crippen LogP contribution in [-0.2, 0) is 16.1 Å². The van der Waals surface area contributed by atoms with Gasteiger partial charge in [-0.3, -0.25) is 9.59 Å². The van der Waals surface area contributed by atoms with Gasteiger partial charge < -0.3 is 15.4 Å². The molecule has 3 rings (SSSR count). The predicted molar refractivity (Wildman–Crippen MR) is 102 cm³/mol. The Balaban J connectivity index is 1.53. The van der Waals surface area contributed by atoms with E-state index in [4.69, 9.17) is 27.9 Å². The normalized spacial score (nSPS) is 18.1. The molecule has 1 fully saturated rings. The third-order valence-electron chi connectivity index (χ3n) is 4.32. The number of methoxy groups -OCH3 is 1. The molecular formula is C19H18Cl2N2O3. The second-order valence-electron chi connectivity index (χ2n) is 6.07. The van der Waals surface area contributed by atoms with E-state index < -0.39 is 0 Å². The molecule has 0 radical (unpaired) electrons. The molecule has 0 spiro atoms. The highest BCUT2D eigenvalue weighted by Gasteiger charge is 2.48. The first-order valence-electron chi connectivity index (χ1n) is 8.15. The number of para-hydroxylation sites is 1. The van der Waals surface area contributed by atoms with Crippen molar-refractivity contribution in [3.05, 3.63) is 58.1 Å². The van der Waals surface area contributed by atoms with Crippen molar-refractivity contribution in [3.63, 3.8) is 0 Å². The van der Waals surface area contributed by atoms with E-state index in [2.05, 4.69) is 10.6 Å². The number of halogens is 2. The fourth-order valence-corrected chi connectivity index (χ4v) is 3.11. The molecule has 136 valence electrons. The van der Waals surface area contributed by atoms with E-state index in [1.807, 2.05) is 24.3 Å². The summed E-state index contributed by atoms with van der Waals surface area (Å²) in [5, 5.41) is 6.25. The highest BCUT2D eigenvalue weighted by Crippen LogP contribution is 2.40. The zero-order valence-corrected chi connectivity index (χ0v) is 15.6. The van der Waals surface area contributed by atoms with E-state index >= 15 is 0 Å². The lowest BCUT2D eigenvalue weighted by Crippen LogP contribution is -2.27. The molecule has 7 heteroatoms. The van der Waals surface area contributed by atoms with E-state index in [9.17, 15) is 9.59 Å².